The monoisotopic (exact) mass is 329 g/mol. The Morgan fingerprint density at radius 1 is 1.33 bits per heavy atom. The maximum Gasteiger partial charge on any atom is 0.276 e. The minimum atomic E-state index is -0.612. The lowest BCUT2D eigenvalue weighted by Crippen LogP contribution is -2.30. The maximum absolute atomic E-state index is 12.1. The molecule has 0 saturated heterocycles. The number of benzene rings is 1. The number of hydrogen-bond acceptors (Lipinski definition) is 5. The highest BCUT2D eigenvalue weighted by Crippen LogP contribution is 2.28. The third kappa shape index (κ3) is 3.81. The van der Waals surface area contributed by atoms with Crippen LogP contribution in [-0.2, 0) is 6.54 Å². The van der Waals surface area contributed by atoms with Gasteiger partial charge < -0.3 is 14.4 Å². The zero-order valence-electron chi connectivity index (χ0n) is 13.5. The number of ether oxygens (including phenoxy) is 1. The molecule has 0 unspecified atom stereocenters. The number of nitrogens with zero attached hydrogens (tertiary/aromatic N) is 2. The highest BCUT2D eigenvalue weighted by Gasteiger charge is 2.11. The number of para-hydroxylation sites is 1. The van der Waals surface area contributed by atoms with Crippen molar-refractivity contribution < 1.29 is 14.6 Å². The molecule has 1 aromatic carbocycles. The molecule has 7 heteroatoms. The lowest BCUT2D eigenvalue weighted by atomic mass is 10.2. The van der Waals surface area contributed by atoms with Crippen LogP contribution in [0.4, 0.5) is 0 Å². The van der Waals surface area contributed by atoms with Gasteiger partial charge in [-0.1, -0.05) is 6.07 Å². The van der Waals surface area contributed by atoms with Gasteiger partial charge in [0.15, 0.2) is 11.5 Å². The molecule has 0 aliphatic rings. The van der Waals surface area contributed by atoms with E-state index < -0.39 is 5.91 Å². The fourth-order valence-corrected chi connectivity index (χ4v) is 2.09. The predicted octanol–water partition coefficient (Wildman–Crippen LogP) is 1.74. The second-order valence-corrected chi connectivity index (χ2v) is 4.84. The number of hydrogen-bond donors (Lipinski definition) is 2. The molecule has 7 nitrogen and oxygen atoms in total. The van der Waals surface area contributed by atoms with Crippen molar-refractivity contribution in [3.63, 3.8) is 0 Å². The highest BCUT2D eigenvalue weighted by atomic mass is 16.5. The Bertz CT molecular complexity index is 812. The fraction of sp³-hybridized carbons (Fsp3) is 0.235. The van der Waals surface area contributed by atoms with Gasteiger partial charge >= 0.3 is 0 Å². The van der Waals surface area contributed by atoms with E-state index in [0.29, 0.717) is 24.5 Å². The normalized spacial score (nSPS) is 10.8. The molecule has 1 amide bonds. The zero-order valence-corrected chi connectivity index (χ0v) is 13.5. The number of aryl methyl sites for hydroxylation is 1. The summed E-state index contributed by atoms with van der Waals surface area (Å²) in [7, 11) is 0. The first-order valence-electron chi connectivity index (χ1n) is 7.56. The number of nitrogens with one attached hydrogen (secondary N) is 1. The van der Waals surface area contributed by atoms with Gasteiger partial charge in [0.05, 0.1) is 12.8 Å². The Morgan fingerprint density at radius 3 is 2.83 bits per heavy atom. The maximum atomic E-state index is 12.1. The first-order chi connectivity index (χ1) is 11.6. The third-order valence-electron chi connectivity index (χ3n) is 3.31. The van der Waals surface area contributed by atoms with E-state index >= 15 is 0 Å². The van der Waals surface area contributed by atoms with Crippen LogP contribution in [0.1, 0.15) is 29.8 Å². The van der Waals surface area contributed by atoms with Crippen molar-refractivity contribution in [1.82, 2.24) is 9.99 Å². The van der Waals surface area contributed by atoms with E-state index in [4.69, 9.17) is 4.74 Å². The van der Waals surface area contributed by atoms with E-state index in [2.05, 4.69) is 10.5 Å². The second-order valence-electron chi connectivity index (χ2n) is 4.84. The summed E-state index contributed by atoms with van der Waals surface area (Å²) in [5, 5.41) is 13.8. The van der Waals surface area contributed by atoms with E-state index in [1.54, 1.807) is 30.5 Å². The molecule has 0 fully saturated rings. The first-order valence-corrected chi connectivity index (χ1v) is 7.56. The number of rotatable bonds is 6. The molecule has 126 valence electrons. The van der Waals surface area contributed by atoms with Crippen molar-refractivity contribution in [2.24, 2.45) is 5.10 Å². The van der Waals surface area contributed by atoms with Gasteiger partial charge in [0, 0.05) is 18.3 Å². The largest absolute Gasteiger partial charge is 0.504 e. The van der Waals surface area contributed by atoms with Gasteiger partial charge in [0.25, 0.3) is 11.5 Å². The van der Waals surface area contributed by atoms with Crippen molar-refractivity contribution in [2.45, 2.75) is 20.4 Å². The Kier molecular flexibility index (Phi) is 5.73. The Hall–Kier alpha value is -3.09. The van der Waals surface area contributed by atoms with Gasteiger partial charge in [0.1, 0.15) is 5.56 Å². The Balaban J connectivity index is 2.14. The standard InChI is InChI=1S/C17H19N3O4/c1-3-20-10-6-8-13(17(20)23)16(22)19-18-11-12-7-5-9-14(15(12)21)24-4-2/h5-11,21H,3-4H2,1-2H3,(H,19,22)/b18-11-. The minimum Gasteiger partial charge on any atom is -0.504 e. The van der Waals surface area contributed by atoms with Crippen LogP contribution in [-0.4, -0.2) is 28.4 Å². The number of phenols is 1. The predicted molar refractivity (Wildman–Crippen MR) is 90.7 cm³/mol. The molecule has 0 atom stereocenters. The number of amides is 1. The number of hydrazone groups is 1. The molecule has 2 aromatic rings. The minimum absolute atomic E-state index is 0.00351. The summed E-state index contributed by atoms with van der Waals surface area (Å²) in [5.41, 5.74) is 2.30. The van der Waals surface area contributed by atoms with Crippen LogP contribution >= 0.6 is 0 Å². The summed E-state index contributed by atoms with van der Waals surface area (Å²) >= 11 is 0. The number of aromatic nitrogens is 1. The second kappa shape index (κ2) is 7.96. The molecule has 2 rings (SSSR count). The zero-order chi connectivity index (χ0) is 17.5. The number of carbonyl (C=O) groups is 1. The van der Waals surface area contributed by atoms with E-state index in [1.807, 2.05) is 13.8 Å². The molecule has 2 N–H and O–H groups in total. The van der Waals surface area contributed by atoms with Crippen LogP contribution in [0.3, 0.4) is 0 Å². The topological polar surface area (TPSA) is 92.9 Å². The molecule has 0 aliphatic carbocycles. The van der Waals surface area contributed by atoms with E-state index in [9.17, 15) is 14.7 Å². The summed E-state index contributed by atoms with van der Waals surface area (Å²) in [6.07, 6.45) is 2.90. The summed E-state index contributed by atoms with van der Waals surface area (Å²) in [6, 6.07) is 8.02. The van der Waals surface area contributed by atoms with Crippen molar-refractivity contribution in [1.29, 1.82) is 0 Å². The van der Waals surface area contributed by atoms with Crippen LogP contribution in [0.2, 0.25) is 0 Å². The van der Waals surface area contributed by atoms with Gasteiger partial charge in [-0.15, -0.1) is 0 Å². The SMILES string of the molecule is CCOc1cccc(/C=N\NC(=O)c2cccn(CC)c2=O)c1O. The van der Waals surface area contributed by atoms with Gasteiger partial charge in [0.2, 0.25) is 0 Å². The molecule has 0 spiro atoms. The molecule has 0 radical (unpaired) electrons. The highest BCUT2D eigenvalue weighted by molar-refractivity contribution is 5.94. The smallest absolute Gasteiger partial charge is 0.276 e. The molecular formula is C17H19N3O4. The van der Waals surface area contributed by atoms with E-state index in [0.717, 1.165) is 0 Å². The molecule has 1 heterocycles. The first kappa shape index (κ1) is 17.3. The van der Waals surface area contributed by atoms with Gasteiger partial charge in [-0.3, -0.25) is 9.59 Å². The van der Waals surface area contributed by atoms with E-state index in [1.165, 1.54) is 16.8 Å². The molecule has 24 heavy (non-hydrogen) atoms. The summed E-state index contributed by atoms with van der Waals surface area (Å²) in [4.78, 5) is 24.1. The van der Waals surface area contributed by atoms with Crippen molar-refractivity contribution >= 4 is 12.1 Å². The summed E-state index contributed by atoms with van der Waals surface area (Å²) in [6.45, 7) is 4.52. The Morgan fingerprint density at radius 2 is 2.12 bits per heavy atom. The van der Waals surface area contributed by atoms with Crippen LogP contribution in [0, 0.1) is 0 Å². The van der Waals surface area contributed by atoms with Crippen LogP contribution < -0.4 is 15.7 Å². The molecular weight excluding hydrogens is 310 g/mol. The van der Waals surface area contributed by atoms with E-state index in [-0.39, 0.29) is 16.9 Å². The van der Waals surface area contributed by atoms with Crippen LogP contribution in [0.5, 0.6) is 11.5 Å². The Labute approximate surface area is 139 Å². The average Bonchev–Trinajstić information content (AvgIpc) is 2.58. The lowest BCUT2D eigenvalue weighted by molar-refractivity contribution is 0.0953. The number of carbonyl (C=O) groups excluding carboxylic acids is 1. The average molecular weight is 329 g/mol. The number of aromatic hydroxyl groups is 1. The van der Waals surface area contributed by atoms with Crippen molar-refractivity contribution in [2.75, 3.05) is 6.61 Å². The van der Waals surface area contributed by atoms with Crippen molar-refractivity contribution in [3.8, 4) is 11.5 Å². The molecule has 0 saturated carbocycles. The third-order valence-corrected chi connectivity index (χ3v) is 3.31. The van der Waals surface area contributed by atoms with Gasteiger partial charge in [-0.2, -0.15) is 5.10 Å². The molecule has 0 aliphatic heterocycles. The lowest BCUT2D eigenvalue weighted by Gasteiger charge is -2.07. The molecule has 1 aromatic heterocycles. The summed E-state index contributed by atoms with van der Waals surface area (Å²) in [5.74, 6) is -0.341. The van der Waals surface area contributed by atoms with Crippen LogP contribution in [0.25, 0.3) is 0 Å². The number of pyridine rings is 1. The fourth-order valence-electron chi connectivity index (χ4n) is 2.09. The number of phenolic OH excluding ortho intramolecular Hbond substituents is 1. The summed E-state index contributed by atoms with van der Waals surface area (Å²) < 4.78 is 6.70. The van der Waals surface area contributed by atoms with Gasteiger partial charge in [-0.25, -0.2) is 5.43 Å². The van der Waals surface area contributed by atoms with Crippen molar-refractivity contribution in [3.05, 3.63) is 58.0 Å². The quantitative estimate of drug-likeness (QED) is 0.623. The van der Waals surface area contributed by atoms with Gasteiger partial charge in [-0.05, 0) is 38.1 Å². The molecule has 0 bridgehead atoms. The van der Waals surface area contributed by atoms with Crippen LogP contribution in [0.15, 0.2) is 46.4 Å².